The van der Waals surface area contributed by atoms with Crippen LogP contribution in [0, 0.1) is 11.8 Å². The number of pyridine rings is 1. The van der Waals surface area contributed by atoms with E-state index >= 15 is 0 Å². The second-order valence-electron chi connectivity index (χ2n) is 8.71. The van der Waals surface area contributed by atoms with E-state index in [1.54, 1.807) is 0 Å². The molecule has 1 aliphatic carbocycles. The molecule has 0 atom stereocenters. The van der Waals surface area contributed by atoms with Crippen molar-refractivity contribution >= 4 is 22.4 Å². The third kappa shape index (κ3) is 5.08. The highest BCUT2D eigenvalue weighted by Crippen LogP contribution is 2.27. The van der Waals surface area contributed by atoms with Crippen LogP contribution in [0.5, 0.6) is 0 Å². The van der Waals surface area contributed by atoms with Gasteiger partial charge in [-0.15, -0.1) is 0 Å². The minimum absolute atomic E-state index is 0.0221. The molecule has 0 radical (unpaired) electrons. The lowest BCUT2D eigenvalue weighted by atomic mass is 9.96. The maximum absolute atomic E-state index is 13.0. The van der Waals surface area contributed by atoms with Gasteiger partial charge in [0.05, 0.1) is 0 Å². The number of fused-ring (bicyclic) bond motifs is 1. The van der Waals surface area contributed by atoms with Crippen LogP contribution >= 0.6 is 0 Å². The minimum Gasteiger partial charge on any atom is -0.381 e. The zero-order valence-electron chi connectivity index (χ0n) is 17.2. The standard InChI is InChI=1S/C24H32N2O3/c27-23(16-18-6-3-1-2-4-7-18)25-22-9-5-8-21-20(22)10-13-26(24(21)28)17-19-11-14-29-15-12-19/h5,8-10,13,18-19H,1-4,6-7,11-12,14-17H2,(H,25,27). The van der Waals surface area contributed by atoms with Gasteiger partial charge >= 0.3 is 0 Å². The molecule has 1 aliphatic heterocycles. The Kier molecular flexibility index (Phi) is 6.65. The molecule has 1 aromatic carbocycles. The molecule has 1 saturated heterocycles. The van der Waals surface area contributed by atoms with Crippen molar-refractivity contribution in [2.24, 2.45) is 11.8 Å². The number of nitrogens with one attached hydrogen (secondary N) is 1. The van der Waals surface area contributed by atoms with Crippen LogP contribution in [0.3, 0.4) is 0 Å². The molecule has 0 bridgehead atoms. The van der Waals surface area contributed by atoms with Crippen molar-refractivity contribution in [3.05, 3.63) is 40.8 Å². The van der Waals surface area contributed by atoms with Crippen molar-refractivity contribution in [2.45, 2.75) is 64.3 Å². The SMILES string of the molecule is O=C(CC1CCCCCC1)Nc1cccc2c(=O)n(CC3CCOCC3)ccc12. The Labute approximate surface area is 172 Å². The zero-order chi connectivity index (χ0) is 20.1. The Balaban J connectivity index is 1.49. The normalized spacial score (nSPS) is 19.2. The van der Waals surface area contributed by atoms with Gasteiger partial charge in [-0.05, 0) is 55.7 Å². The number of ether oxygens (including phenoxy) is 1. The molecule has 1 amide bonds. The number of hydrogen-bond donors (Lipinski definition) is 1. The van der Waals surface area contributed by atoms with Crippen molar-refractivity contribution in [1.82, 2.24) is 4.57 Å². The fourth-order valence-corrected chi connectivity index (χ4v) is 4.81. The molecule has 1 N–H and O–H groups in total. The lowest BCUT2D eigenvalue weighted by Crippen LogP contribution is -2.27. The summed E-state index contributed by atoms with van der Waals surface area (Å²) in [6.45, 7) is 2.30. The Morgan fingerprint density at radius 2 is 1.72 bits per heavy atom. The molecular formula is C24H32N2O3. The van der Waals surface area contributed by atoms with Crippen molar-refractivity contribution in [2.75, 3.05) is 18.5 Å². The fourth-order valence-electron chi connectivity index (χ4n) is 4.81. The molecule has 1 saturated carbocycles. The number of benzene rings is 1. The largest absolute Gasteiger partial charge is 0.381 e. The van der Waals surface area contributed by atoms with Gasteiger partial charge < -0.3 is 14.6 Å². The first-order valence-electron chi connectivity index (χ1n) is 11.2. The van der Waals surface area contributed by atoms with E-state index in [9.17, 15) is 9.59 Å². The molecule has 1 aromatic heterocycles. The Morgan fingerprint density at radius 3 is 2.48 bits per heavy atom. The van der Waals surface area contributed by atoms with E-state index in [4.69, 9.17) is 4.74 Å². The van der Waals surface area contributed by atoms with E-state index in [0.29, 0.717) is 23.6 Å². The summed E-state index contributed by atoms with van der Waals surface area (Å²) in [4.78, 5) is 25.7. The molecule has 0 spiro atoms. The number of carbonyl (C=O) groups is 1. The van der Waals surface area contributed by atoms with Crippen LogP contribution in [-0.4, -0.2) is 23.7 Å². The molecule has 4 rings (SSSR count). The van der Waals surface area contributed by atoms with Crippen LogP contribution in [0.2, 0.25) is 0 Å². The molecule has 2 aromatic rings. The first-order chi connectivity index (χ1) is 14.2. The predicted molar refractivity (Wildman–Crippen MR) is 116 cm³/mol. The summed E-state index contributed by atoms with van der Waals surface area (Å²) in [5.41, 5.74) is 0.769. The molecule has 0 unspecified atom stereocenters. The summed E-state index contributed by atoms with van der Waals surface area (Å²) in [6.07, 6.45) is 11.8. The topological polar surface area (TPSA) is 60.3 Å². The Bertz CT molecular complexity index is 891. The molecule has 2 aliphatic rings. The van der Waals surface area contributed by atoms with Crippen molar-refractivity contribution in [3.8, 4) is 0 Å². The smallest absolute Gasteiger partial charge is 0.258 e. The first-order valence-corrected chi connectivity index (χ1v) is 11.2. The summed E-state index contributed by atoms with van der Waals surface area (Å²) in [7, 11) is 0. The summed E-state index contributed by atoms with van der Waals surface area (Å²) in [5.74, 6) is 1.04. The van der Waals surface area contributed by atoms with Gasteiger partial charge in [0.2, 0.25) is 5.91 Å². The van der Waals surface area contributed by atoms with Gasteiger partial charge in [0.15, 0.2) is 0 Å². The van der Waals surface area contributed by atoms with Crippen molar-refractivity contribution in [3.63, 3.8) is 0 Å². The number of rotatable bonds is 5. The monoisotopic (exact) mass is 396 g/mol. The zero-order valence-corrected chi connectivity index (χ0v) is 17.2. The lowest BCUT2D eigenvalue weighted by Gasteiger charge is -2.23. The summed E-state index contributed by atoms with van der Waals surface area (Å²) in [5, 5.41) is 4.58. The third-order valence-corrected chi connectivity index (χ3v) is 6.54. The van der Waals surface area contributed by atoms with E-state index in [0.717, 1.165) is 56.5 Å². The van der Waals surface area contributed by atoms with Gasteiger partial charge in [0.25, 0.3) is 5.56 Å². The minimum atomic E-state index is 0.0221. The van der Waals surface area contributed by atoms with Crippen LogP contribution in [0.4, 0.5) is 5.69 Å². The predicted octanol–water partition coefficient (Wildman–Crippen LogP) is 4.73. The van der Waals surface area contributed by atoms with E-state index in [1.807, 2.05) is 35.0 Å². The van der Waals surface area contributed by atoms with Gasteiger partial charge in [0, 0.05) is 48.8 Å². The second-order valence-corrected chi connectivity index (χ2v) is 8.71. The molecule has 29 heavy (non-hydrogen) atoms. The maximum Gasteiger partial charge on any atom is 0.258 e. The van der Waals surface area contributed by atoms with Gasteiger partial charge in [-0.25, -0.2) is 0 Å². The number of aromatic nitrogens is 1. The highest BCUT2D eigenvalue weighted by molar-refractivity contribution is 6.01. The number of amides is 1. The number of anilines is 1. The van der Waals surface area contributed by atoms with E-state index in [-0.39, 0.29) is 11.5 Å². The quantitative estimate of drug-likeness (QED) is 0.744. The van der Waals surface area contributed by atoms with E-state index in [1.165, 1.54) is 25.7 Å². The number of carbonyl (C=O) groups excluding carboxylic acids is 1. The third-order valence-electron chi connectivity index (χ3n) is 6.54. The van der Waals surface area contributed by atoms with Crippen LogP contribution in [0.25, 0.3) is 10.8 Å². The van der Waals surface area contributed by atoms with Crippen LogP contribution in [0.1, 0.15) is 57.8 Å². The Morgan fingerprint density at radius 1 is 0.966 bits per heavy atom. The highest BCUT2D eigenvalue weighted by Gasteiger charge is 2.18. The van der Waals surface area contributed by atoms with Crippen LogP contribution in [0.15, 0.2) is 35.3 Å². The highest BCUT2D eigenvalue weighted by atomic mass is 16.5. The maximum atomic E-state index is 13.0. The van der Waals surface area contributed by atoms with Gasteiger partial charge in [-0.3, -0.25) is 9.59 Å². The number of nitrogens with zero attached hydrogens (tertiary/aromatic N) is 1. The van der Waals surface area contributed by atoms with Gasteiger partial charge in [-0.1, -0.05) is 31.7 Å². The second kappa shape index (κ2) is 9.57. The van der Waals surface area contributed by atoms with Crippen LogP contribution < -0.4 is 10.9 Å². The summed E-state index contributed by atoms with van der Waals surface area (Å²) in [6, 6.07) is 7.59. The van der Waals surface area contributed by atoms with Crippen molar-refractivity contribution in [1.29, 1.82) is 0 Å². The number of hydrogen-bond acceptors (Lipinski definition) is 3. The first kappa shape index (κ1) is 20.1. The average Bonchev–Trinajstić information content (AvgIpc) is 3.00. The summed E-state index contributed by atoms with van der Waals surface area (Å²) >= 11 is 0. The molecule has 5 nitrogen and oxygen atoms in total. The van der Waals surface area contributed by atoms with Crippen LogP contribution in [-0.2, 0) is 16.1 Å². The molecule has 2 fully saturated rings. The van der Waals surface area contributed by atoms with Crippen molar-refractivity contribution < 1.29 is 9.53 Å². The molecular weight excluding hydrogens is 364 g/mol. The fraction of sp³-hybridized carbons (Fsp3) is 0.583. The Hall–Kier alpha value is -2.14. The summed E-state index contributed by atoms with van der Waals surface area (Å²) < 4.78 is 7.24. The van der Waals surface area contributed by atoms with Gasteiger partial charge in [0.1, 0.15) is 0 Å². The molecule has 2 heterocycles. The molecule has 5 heteroatoms. The van der Waals surface area contributed by atoms with E-state index < -0.39 is 0 Å². The van der Waals surface area contributed by atoms with E-state index in [2.05, 4.69) is 5.32 Å². The molecule has 156 valence electrons. The average molecular weight is 397 g/mol. The van der Waals surface area contributed by atoms with Gasteiger partial charge in [-0.2, -0.15) is 0 Å². The lowest BCUT2D eigenvalue weighted by molar-refractivity contribution is -0.117.